The lowest BCUT2D eigenvalue weighted by molar-refractivity contribution is -0.0498. The van der Waals surface area contributed by atoms with E-state index in [1.165, 1.54) is 9.13 Å². The molecule has 0 aromatic heterocycles. The Bertz CT molecular complexity index is 380. The quantitative estimate of drug-likeness (QED) is 0.842. The second kappa shape index (κ2) is 6.32. The summed E-state index contributed by atoms with van der Waals surface area (Å²) >= 11 is 2.34. The summed E-state index contributed by atoms with van der Waals surface area (Å²) in [6.07, 6.45) is 0.157. The number of nitrogens with zero attached hydrogens (tertiary/aromatic N) is 1. The molecule has 0 saturated carbocycles. The first-order valence-corrected chi connectivity index (χ1v) is 7.52. The van der Waals surface area contributed by atoms with Crippen LogP contribution in [-0.4, -0.2) is 36.7 Å². The molecule has 1 fully saturated rings. The summed E-state index contributed by atoms with van der Waals surface area (Å²) in [5.41, 5.74) is 7.30. The lowest BCUT2D eigenvalue weighted by atomic mass is 10.0. The van der Waals surface area contributed by atoms with Crippen LogP contribution in [-0.2, 0) is 4.74 Å². The van der Waals surface area contributed by atoms with Crippen LogP contribution < -0.4 is 5.73 Å². The highest BCUT2D eigenvalue weighted by atomic mass is 127. The van der Waals surface area contributed by atoms with Crippen molar-refractivity contribution in [1.82, 2.24) is 4.90 Å². The highest BCUT2D eigenvalue weighted by Gasteiger charge is 2.26. The fourth-order valence-corrected chi connectivity index (χ4v) is 2.68. The van der Waals surface area contributed by atoms with E-state index in [2.05, 4.69) is 58.7 Å². The van der Waals surface area contributed by atoms with E-state index in [4.69, 9.17) is 10.5 Å². The first-order valence-electron chi connectivity index (χ1n) is 6.44. The molecule has 3 nitrogen and oxygen atoms in total. The first kappa shape index (κ1) is 14.2. The molecule has 0 aliphatic carbocycles. The van der Waals surface area contributed by atoms with Crippen molar-refractivity contribution < 1.29 is 4.74 Å². The van der Waals surface area contributed by atoms with E-state index in [-0.39, 0.29) is 12.1 Å². The predicted molar refractivity (Wildman–Crippen MR) is 82.5 cm³/mol. The molecule has 2 rings (SSSR count). The molecule has 3 unspecified atom stereocenters. The molecule has 100 valence electrons. The van der Waals surface area contributed by atoms with Crippen LogP contribution in [0.15, 0.2) is 24.3 Å². The Balaban J connectivity index is 2.04. The van der Waals surface area contributed by atoms with Crippen molar-refractivity contribution in [2.75, 3.05) is 19.7 Å². The topological polar surface area (TPSA) is 38.5 Å². The molecule has 1 aromatic rings. The molecule has 1 aliphatic heterocycles. The lowest BCUT2D eigenvalue weighted by Gasteiger charge is -2.38. The number of halogens is 1. The van der Waals surface area contributed by atoms with Gasteiger partial charge in [-0.25, -0.2) is 0 Å². The molecule has 1 aliphatic rings. The Kier molecular flexibility index (Phi) is 5.00. The van der Waals surface area contributed by atoms with Crippen LogP contribution in [0.1, 0.15) is 25.5 Å². The third kappa shape index (κ3) is 3.44. The second-order valence-electron chi connectivity index (χ2n) is 4.99. The molecule has 0 amide bonds. The van der Waals surface area contributed by atoms with E-state index in [0.29, 0.717) is 6.04 Å². The smallest absolute Gasteiger partial charge is 0.0850 e. The van der Waals surface area contributed by atoms with Gasteiger partial charge in [-0.1, -0.05) is 12.1 Å². The van der Waals surface area contributed by atoms with Crippen molar-refractivity contribution in [3.05, 3.63) is 33.4 Å². The Labute approximate surface area is 123 Å². The van der Waals surface area contributed by atoms with Gasteiger partial charge in [-0.3, -0.25) is 4.90 Å². The first-order chi connectivity index (χ1) is 8.58. The van der Waals surface area contributed by atoms with Gasteiger partial charge in [0.2, 0.25) is 0 Å². The molecule has 4 heteroatoms. The average Bonchev–Trinajstić information content (AvgIpc) is 2.39. The monoisotopic (exact) mass is 360 g/mol. The minimum atomic E-state index is 0.0942. The standard InChI is InChI=1S/C14H21IN2O/c1-10(16)14-9-17(7-8-18-14)11(2)12-3-5-13(15)6-4-12/h3-6,10-11,14H,7-9,16H2,1-2H3. The SMILES string of the molecule is CC(N)C1CN(C(C)c2ccc(I)cc2)CCO1. The average molecular weight is 360 g/mol. The van der Waals surface area contributed by atoms with Crippen LogP contribution in [0.5, 0.6) is 0 Å². The number of ether oxygens (including phenoxy) is 1. The molecular formula is C14H21IN2O. The van der Waals surface area contributed by atoms with Crippen molar-refractivity contribution in [2.24, 2.45) is 5.73 Å². The highest BCUT2D eigenvalue weighted by molar-refractivity contribution is 14.1. The van der Waals surface area contributed by atoms with Gasteiger partial charge in [0.15, 0.2) is 0 Å². The summed E-state index contributed by atoms with van der Waals surface area (Å²) in [4.78, 5) is 2.46. The van der Waals surface area contributed by atoms with E-state index < -0.39 is 0 Å². The fraction of sp³-hybridized carbons (Fsp3) is 0.571. The van der Waals surface area contributed by atoms with Gasteiger partial charge >= 0.3 is 0 Å². The largest absolute Gasteiger partial charge is 0.374 e. The van der Waals surface area contributed by atoms with Gasteiger partial charge in [-0.05, 0) is 54.1 Å². The van der Waals surface area contributed by atoms with E-state index in [1.54, 1.807) is 0 Å². The molecule has 0 bridgehead atoms. The minimum absolute atomic E-state index is 0.0942. The van der Waals surface area contributed by atoms with Crippen LogP contribution in [0, 0.1) is 3.57 Å². The molecule has 1 aromatic carbocycles. The molecule has 0 radical (unpaired) electrons. The van der Waals surface area contributed by atoms with Crippen LogP contribution in [0.25, 0.3) is 0 Å². The van der Waals surface area contributed by atoms with Gasteiger partial charge in [-0.15, -0.1) is 0 Å². The van der Waals surface area contributed by atoms with Crippen molar-refractivity contribution in [2.45, 2.75) is 32.0 Å². The molecular weight excluding hydrogens is 339 g/mol. The van der Waals surface area contributed by atoms with Gasteiger partial charge in [0.1, 0.15) is 0 Å². The maximum atomic E-state index is 5.94. The molecule has 1 heterocycles. The lowest BCUT2D eigenvalue weighted by Crippen LogP contribution is -2.50. The summed E-state index contributed by atoms with van der Waals surface area (Å²) in [6.45, 7) is 6.96. The molecule has 0 spiro atoms. The van der Waals surface area contributed by atoms with E-state index in [9.17, 15) is 0 Å². The van der Waals surface area contributed by atoms with Crippen molar-refractivity contribution in [3.63, 3.8) is 0 Å². The summed E-state index contributed by atoms with van der Waals surface area (Å²) in [5, 5.41) is 0. The van der Waals surface area contributed by atoms with Crippen molar-refractivity contribution in [3.8, 4) is 0 Å². The maximum absolute atomic E-state index is 5.94. The maximum Gasteiger partial charge on any atom is 0.0850 e. The number of rotatable bonds is 3. The fourth-order valence-electron chi connectivity index (χ4n) is 2.32. The number of hydrogen-bond donors (Lipinski definition) is 1. The number of benzene rings is 1. The summed E-state index contributed by atoms with van der Waals surface area (Å²) < 4.78 is 6.98. The van der Waals surface area contributed by atoms with Crippen LogP contribution in [0.2, 0.25) is 0 Å². The molecule has 1 saturated heterocycles. The zero-order chi connectivity index (χ0) is 13.1. The Morgan fingerprint density at radius 1 is 1.33 bits per heavy atom. The van der Waals surface area contributed by atoms with Gasteiger partial charge < -0.3 is 10.5 Å². The van der Waals surface area contributed by atoms with E-state index >= 15 is 0 Å². The molecule has 18 heavy (non-hydrogen) atoms. The van der Waals surface area contributed by atoms with Crippen molar-refractivity contribution in [1.29, 1.82) is 0 Å². The normalized spacial score (nSPS) is 24.8. The summed E-state index contributed by atoms with van der Waals surface area (Å²) in [6, 6.07) is 9.26. The third-order valence-corrected chi connectivity index (χ3v) is 4.33. The number of morpholine rings is 1. The van der Waals surface area contributed by atoms with Crippen LogP contribution in [0.3, 0.4) is 0 Å². The van der Waals surface area contributed by atoms with E-state index in [0.717, 1.165) is 19.7 Å². The van der Waals surface area contributed by atoms with Crippen LogP contribution >= 0.6 is 22.6 Å². The van der Waals surface area contributed by atoms with Gasteiger partial charge in [0.25, 0.3) is 0 Å². The second-order valence-corrected chi connectivity index (χ2v) is 6.24. The Morgan fingerprint density at radius 2 is 2.00 bits per heavy atom. The van der Waals surface area contributed by atoms with E-state index in [1.807, 2.05) is 6.92 Å². The highest BCUT2D eigenvalue weighted by Crippen LogP contribution is 2.23. The van der Waals surface area contributed by atoms with Gasteiger partial charge in [-0.2, -0.15) is 0 Å². The van der Waals surface area contributed by atoms with Gasteiger partial charge in [0, 0.05) is 28.7 Å². The Morgan fingerprint density at radius 3 is 2.61 bits per heavy atom. The van der Waals surface area contributed by atoms with Gasteiger partial charge in [0.05, 0.1) is 12.7 Å². The molecule has 2 N–H and O–H groups in total. The summed E-state index contributed by atoms with van der Waals surface area (Å²) in [7, 11) is 0. The number of nitrogens with two attached hydrogens (primary N) is 1. The zero-order valence-corrected chi connectivity index (χ0v) is 13.1. The van der Waals surface area contributed by atoms with Crippen LogP contribution in [0.4, 0.5) is 0 Å². The Hall–Kier alpha value is -0.170. The molecule has 3 atom stereocenters. The van der Waals surface area contributed by atoms with Crippen molar-refractivity contribution >= 4 is 22.6 Å². The minimum Gasteiger partial charge on any atom is -0.374 e. The third-order valence-electron chi connectivity index (χ3n) is 3.61. The predicted octanol–water partition coefficient (Wildman–Crippen LogP) is 2.40. The number of hydrogen-bond acceptors (Lipinski definition) is 3. The zero-order valence-electron chi connectivity index (χ0n) is 11.0. The summed E-state index contributed by atoms with van der Waals surface area (Å²) in [5.74, 6) is 0.